The van der Waals surface area contributed by atoms with Crippen LogP contribution in [0.25, 0.3) is 0 Å². The Morgan fingerprint density at radius 3 is 1.88 bits per heavy atom. The Morgan fingerprint density at radius 1 is 0.750 bits per heavy atom. The zero-order valence-electron chi connectivity index (χ0n) is 26.1. The lowest BCUT2D eigenvalue weighted by atomic mass is 10.0. The van der Waals surface area contributed by atoms with Gasteiger partial charge in [0.25, 0.3) is 0 Å². The third-order valence-corrected chi connectivity index (χ3v) is 7.67. The van der Waals surface area contributed by atoms with Crippen LogP contribution in [0.3, 0.4) is 0 Å². The van der Waals surface area contributed by atoms with Gasteiger partial charge in [0, 0.05) is 50.7 Å². The first-order chi connectivity index (χ1) is 22.4. The molecule has 0 atom stereocenters. The summed E-state index contributed by atoms with van der Waals surface area (Å²) < 4.78 is 129. The quantitative estimate of drug-likeness (QED) is 0.0875. The highest BCUT2D eigenvalue weighted by molar-refractivity contribution is 9.10. The van der Waals surface area contributed by atoms with Crippen molar-refractivity contribution >= 4 is 33.5 Å². The number of hydrogen-bond donors (Lipinski definition) is 0. The zero-order valence-corrected chi connectivity index (χ0v) is 27.7. The molecule has 264 valence electrons. The van der Waals surface area contributed by atoms with Crippen molar-refractivity contribution in [2.45, 2.75) is 77.6 Å². The number of nitrogens with zero attached hydrogens (tertiary/aromatic N) is 4. The molecule has 1 aromatic heterocycles. The van der Waals surface area contributed by atoms with Crippen molar-refractivity contribution in [1.29, 1.82) is 0 Å². The molecule has 0 aliphatic rings. The largest absolute Gasteiger partial charge is 0.466 e. The second kappa shape index (κ2) is 16.7. The third-order valence-electron chi connectivity index (χ3n) is 7.27. The van der Waals surface area contributed by atoms with Crippen molar-refractivity contribution in [1.82, 2.24) is 9.97 Å². The van der Waals surface area contributed by atoms with E-state index in [1.165, 1.54) is 23.4 Å². The van der Waals surface area contributed by atoms with Crippen LogP contribution in [-0.2, 0) is 41.1 Å². The van der Waals surface area contributed by atoms with Crippen molar-refractivity contribution in [3.8, 4) is 0 Å². The number of aromatic nitrogens is 2. The van der Waals surface area contributed by atoms with Crippen LogP contribution in [0.4, 0.5) is 51.1 Å². The highest BCUT2D eigenvalue weighted by atomic mass is 79.9. The maximum atomic E-state index is 13.9. The molecule has 0 saturated heterocycles. The molecule has 0 saturated carbocycles. The summed E-state index contributed by atoms with van der Waals surface area (Å²) >= 11 is 3.17. The van der Waals surface area contributed by atoms with E-state index in [1.54, 1.807) is 13.8 Å². The van der Waals surface area contributed by atoms with Crippen LogP contribution in [0.2, 0.25) is 0 Å². The smallest absolute Gasteiger partial charge is 0.416 e. The number of halogens is 10. The second-order valence-electron chi connectivity index (χ2n) is 10.9. The SMILES string of the molecule is CCOC(=O)CCCCCCN(CC)c1ccc(C(F)(F)F)cc1CN(Cc1cc(C(F)(F)F)cc(C(F)(F)F)c1)c1ncc(Br)cn1. The van der Waals surface area contributed by atoms with Gasteiger partial charge in [-0.2, -0.15) is 39.5 Å². The Balaban J connectivity index is 1.99. The predicted octanol–water partition coefficient (Wildman–Crippen LogP) is 9.84. The van der Waals surface area contributed by atoms with Crippen LogP contribution in [0.5, 0.6) is 0 Å². The van der Waals surface area contributed by atoms with Crippen LogP contribution >= 0.6 is 15.9 Å². The number of benzene rings is 2. The molecule has 0 N–H and O–H groups in total. The Bertz CT molecular complexity index is 1460. The molecule has 1 heterocycles. The van der Waals surface area contributed by atoms with Gasteiger partial charge in [-0.15, -0.1) is 0 Å². The van der Waals surface area contributed by atoms with Gasteiger partial charge in [-0.25, -0.2) is 9.97 Å². The van der Waals surface area contributed by atoms with Crippen LogP contribution < -0.4 is 9.80 Å². The summed E-state index contributed by atoms with van der Waals surface area (Å²) in [5, 5.41) is 0. The van der Waals surface area contributed by atoms with Crippen molar-refractivity contribution in [3.05, 3.63) is 81.1 Å². The molecule has 0 aliphatic heterocycles. The third kappa shape index (κ3) is 11.5. The summed E-state index contributed by atoms with van der Waals surface area (Å²) in [6.45, 7) is 3.67. The van der Waals surface area contributed by atoms with Gasteiger partial charge in [0.05, 0.1) is 27.8 Å². The first-order valence-corrected chi connectivity index (χ1v) is 15.8. The summed E-state index contributed by atoms with van der Waals surface area (Å²) in [5.74, 6) is -0.418. The van der Waals surface area contributed by atoms with Gasteiger partial charge in [0.15, 0.2) is 0 Å². The number of carbonyl (C=O) groups excluding carboxylic acids is 1. The minimum atomic E-state index is -5.09. The topological polar surface area (TPSA) is 58.6 Å². The number of unbranched alkanes of at least 4 members (excludes halogenated alkanes) is 3. The first-order valence-electron chi connectivity index (χ1n) is 15.0. The lowest BCUT2D eigenvalue weighted by Gasteiger charge is -2.30. The van der Waals surface area contributed by atoms with Gasteiger partial charge in [-0.05, 0) is 90.1 Å². The maximum absolute atomic E-state index is 13.9. The average Bonchev–Trinajstić information content (AvgIpc) is 2.99. The molecule has 0 radical (unpaired) electrons. The molecule has 3 rings (SSSR count). The van der Waals surface area contributed by atoms with E-state index in [-0.39, 0.29) is 36.5 Å². The molecule has 2 aromatic carbocycles. The fraction of sp³-hybridized carbons (Fsp3) is 0.469. The molecule has 0 bridgehead atoms. The molecule has 0 unspecified atom stereocenters. The molecule has 3 aromatic rings. The van der Waals surface area contributed by atoms with Gasteiger partial charge in [0.1, 0.15) is 0 Å². The lowest BCUT2D eigenvalue weighted by molar-refractivity contribution is -0.144. The van der Waals surface area contributed by atoms with Crippen molar-refractivity contribution < 1.29 is 49.0 Å². The van der Waals surface area contributed by atoms with E-state index in [2.05, 4.69) is 25.9 Å². The Hall–Kier alpha value is -3.56. The average molecular weight is 758 g/mol. The molecular formula is C32H34BrF9N4O2. The number of carbonyl (C=O) groups is 1. The van der Waals surface area contributed by atoms with E-state index < -0.39 is 47.3 Å². The van der Waals surface area contributed by atoms with E-state index in [0.717, 1.165) is 25.0 Å². The number of anilines is 2. The van der Waals surface area contributed by atoms with Crippen LogP contribution in [-0.4, -0.2) is 35.6 Å². The molecule has 16 heteroatoms. The monoisotopic (exact) mass is 756 g/mol. The highest BCUT2D eigenvalue weighted by Gasteiger charge is 2.37. The van der Waals surface area contributed by atoms with Crippen LogP contribution in [0.1, 0.15) is 73.8 Å². The van der Waals surface area contributed by atoms with Crippen molar-refractivity contribution in [3.63, 3.8) is 0 Å². The second-order valence-corrected chi connectivity index (χ2v) is 11.8. The zero-order chi connectivity index (χ0) is 35.7. The summed E-state index contributed by atoms with van der Waals surface area (Å²) in [5.41, 5.74) is -3.91. The Kier molecular flexibility index (Phi) is 13.5. The van der Waals surface area contributed by atoms with Gasteiger partial charge in [-0.1, -0.05) is 12.8 Å². The van der Waals surface area contributed by atoms with Gasteiger partial charge >= 0.3 is 24.5 Å². The van der Waals surface area contributed by atoms with E-state index >= 15 is 0 Å². The number of rotatable bonds is 15. The number of ether oxygens (including phenoxy) is 1. The number of alkyl halides is 9. The molecule has 0 aliphatic carbocycles. The van der Waals surface area contributed by atoms with E-state index in [0.29, 0.717) is 54.8 Å². The van der Waals surface area contributed by atoms with Gasteiger partial charge in [0.2, 0.25) is 5.95 Å². The maximum Gasteiger partial charge on any atom is 0.416 e. The Morgan fingerprint density at radius 2 is 1.33 bits per heavy atom. The predicted molar refractivity (Wildman–Crippen MR) is 165 cm³/mol. The molecule has 6 nitrogen and oxygen atoms in total. The van der Waals surface area contributed by atoms with Crippen LogP contribution in [0, 0.1) is 0 Å². The highest BCUT2D eigenvalue weighted by Crippen LogP contribution is 2.38. The normalized spacial score (nSPS) is 12.2. The molecule has 48 heavy (non-hydrogen) atoms. The van der Waals surface area contributed by atoms with E-state index in [9.17, 15) is 44.3 Å². The standard InChI is InChI=1S/C32H34BrF9N4O2/c1-3-45(12-8-6-5-7-9-28(47)48-4-2)27-11-10-23(30(34,35)36)15-22(27)20-46(29-43-17-26(33)18-44-29)19-21-13-24(31(37,38)39)16-25(14-21)32(40,41)42/h10-11,13-18H,3-9,12,19-20H2,1-2H3. The van der Waals surface area contributed by atoms with Crippen LogP contribution in [0.15, 0.2) is 53.3 Å². The van der Waals surface area contributed by atoms with Crippen molar-refractivity contribution in [2.24, 2.45) is 0 Å². The summed E-state index contributed by atoms with van der Waals surface area (Å²) in [4.78, 5) is 22.9. The Labute approximate surface area is 280 Å². The summed E-state index contributed by atoms with van der Waals surface area (Å²) in [6, 6.07) is 4.27. The fourth-order valence-electron chi connectivity index (χ4n) is 5.01. The first kappa shape index (κ1) is 38.9. The minimum absolute atomic E-state index is 0.00481. The van der Waals surface area contributed by atoms with E-state index in [1.807, 2.05) is 4.90 Å². The summed E-state index contributed by atoms with van der Waals surface area (Å²) in [7, 11) is 0. The van der Waals surface area contributed by atoms with Gasteiger partial charge < -0.3 is 14.5 Å². The molecule has 0 fully saturated rings. The number of esters is 1. The van der Waals surface area contributed by atoms with Crippen molar-refractivity contribution in [2.75, 3.05) is 29.5 Å². The fourth-order valence-corrected chi connectivity index (χ4v) is 5.21. The molecular weight excluding hydrogens is 723 g/mol. The lowest BCUT2D eigenvalue weighted by Crippen LogP contribution is -2.29. The van der Waals surface area contributed by atoms with E-state index in [4.69, 9.17) is 4.74 Å². The summed E-state index contributed by atoms with van der Waals surface area (Å²) in [6.07, 6.45) is -9.34. The molecule has 0 amide bonds. The van der Waals surface area contributed by atoms with Gasteiger partial charge in [-0.3, -0.25) is 4.79 Å². The minimum Gasteiger partial charge on any atom is -0.466 e. The molecule has 0 spiro atoms. The number of hydrogen-bond acceptors (Lipinski definition) is 6.